The predicted octanol–water partition coefficient (Wildman–Crippen LogP) is 0.422. The van der Waals surface area contributed by atoms with Crippen LogP contribution in [0.1, 0.15) is 11.4 Å². The third kappa shape index (κ3) is 3.54. The van der Waals surface area contributed by atoms with Crippen molar-refractivity contribution in [3.05, 3.63) is 42.0 Å². The van der Waals surface area contributed by atoms with Gasteiger partial charge in [-0.25, -0.2) is 0 Å². The number of phenols is 1. The van der Waals surface area contributed by atoms with Crippen LogP contribution in [0.2, 0.25) is 0 Å². The summed E-state index contributed by atoms with van der Waals surface area (Å²) >= 11 is 0. The van der Waals surface area contributed by atoms with Gasteiger partial charge in [0.1, 0.15) is 17.9 Å². The zero-order valence-corrected chi connectivity index (χ0v) is 10.7. The first-order valence-electron chi connectivity index (χ1n) is 6.03. The van der Waals surface area contributed by atoms with Gasteiger partial charge in [0.25, 0.3) is 0 Å². The van der Waals surface area contributed by atoms with E-state index in [0.717, 1.165) is 5.82 Å². The minimum atomic E-state index is -0.122. The molecule has 2 N–H and O–H groups in total. The topological polar surface area (TPSA) is 80.0 Å². The predicted molar refractivity (Wildman–Crippen MR) is 69.5 cm³/mol. The maximum atomic E-state index is 11.7. The van der Waals surface area contributed by atoms with E-state index in [1.165, 1.54) is 0 Å². The molecule has 1 aromatic carbocycles. The highest BCUT2D eigenvalue weighted by atomic mass is 16.3. The lowest BCUT2D eigenvalue weighted by atomic mass is 10.1. The van der Waals surface area contributed by atoms with Gasteiger partial charge >= 0.3 is 0 Å². The number of carbonyl (C=O) groups excluding carboxylic acids is 1. The van der Waals surface area contributed by atoms with Gasteiger partial charge in [-0.05, 0) is 6.07 Å². The Morgan fingerprint density at radius 2 is 2.21 bits per heavy atom. The number of aromatic hydroxyl groups is 1. The van der Waals surface area contributed by atoms with E-state index in [9.17, 15) is 9.90 Å². The van der Waals surface area contributed by atoms with Crippen LogP contribution in [0.25, 0.3) is 0 Å². The van der Waals surface area contributed by atoms with Gasteiger partial charge in [0.15, 0.2) is 0 Å². The number of amides is 1. The molecule has 1 aromatic heterocycles. The van der Waals surface area contributed by atoms with Gasteiger partial charge in [-0.1, -0.05) is 18.2 Å². The fraction of sp³-hybridized carbons (Fsp3) is 0.308. The molecule has 0 saturated heterocycles. The molecule has 0 aliphatic carbocycles. The van der Waals surface area contributed by atoms with Gasteiger partial charge in [0.2, 0.25) is 5.91 Å². The first kappa shape index (κ1) is 13.1. The molecular formula is C13H16N4O2. The highest BCUT2D eigenvalue weighted by Gasteiger charge is 2.07. The van der Waals surface area contributed by atoms with Crippen molar-refractivity contribution in [3.63, 3.8) is 0 Å². The number of phenolic OH excluding ortho intramolecular Hbond substituents is 1. The molecule has 1 heterocycles. The SMILES string of the molecule is Cn1cnnc1CCNC(=O)Cc1ccccc1O. The van der Waals surface area contributed by atoms with E-state index in [-0.39, 0.29) is 18.1 Å². The molecule has 0 unspecified atom stereocenters. The number of benzene rings is 1. The van der Waals surface area contributed by atoms with Crippen molar-refractivity contribution in [1.82, 2.24) is 20.1 Å². The Kier molecular flexibility index (Phi) is 4.12. The molecule has 19 heavy (non-hydrogen) atoms. The quantitative estimate of drug-likeness (QED) is 0.816. The zero-order valence-electron chi connectivity index (χ0n) is 10.7. The summed E-state index contributed by atoms with van der Waals surface area (Å²) in [6.45, 7) is 0.499. The maximum Gasteiger partial charge on any atom is 0.224 e. The van der Waals surface area contributed by atoms with E-state index in [4.69, 9.17) is 0 Å². The molecule has 0 aliphatic rings. The van der Waals surface area contributed by atoms with Crippen LogP contribution < -0.4 is 5.32 Å². The number of para-hydroxylation sites is 1. The summed E-state index contributed by atoms with van der Waals surface area (Å²) in [5.74, 6) is 0.845. The number of rotatable bonds is 5. The summed E-state index contributed by atoms with van der Waals surface area (Å²) in [6, 6.07) is 6.83. The molecule has 0 fully saturated rings. The Bertz CT molecular complexity index is 565. The van der Waals surface area contributed by atoms with Crippen LogP contribution in [0.15, 0.2) is 30.6 Å². The van der Waals surface area contributed by atoms with E-state index in [0.29, 0.717) is 18.5 Å². The monoisotopic (exact) mass is 260 g/mol. The number of hydrogen-bond donors (Lipinski definition) is 2. The van der Waals surface area contributed by atoms with Gasteiger partial charge in [-0.15, -0.1) is 10.2 Å². The Morgan fingerprint density at radius 3 is 2.89 bits per heavy atom. The molecule has 0 atom stereocenters. The van der Waals surface area contributed by atoms with Crippen LogP contribution >= 0.6 is 0 Å². The van der Waals surface area contributed by atoms with Crippen LogP contribution in [0.3, 0.4) is 0 Å². The second kappa shape index (κ2) is 5.99. The maximum absolute atomic E-state index is 11.7. The fourth-order valence-electron chi connectivity index (χ4n) is 1.74. The van der Waals surface area contributed by atoms with E-state index in [1.807, 2.05) is 11.6 Å². The molecule has 2 rings (SSSR count). The lowest BCUT2D eigenvalue weighted by Crippen LogP contribution is -2.27. The van der Waals surface area contributed by atoms with Crippen molar-refractivity contribution in [2.75, 3.05) is 6.54 Å². The van der Waals surface area contributed by atoms with Crippen LogP contribution in [0.4, 0.5) is 0 Å². The van der Waals surface area contributed by atoms with Crippen LogP contribution in [0.5, 0.6) is 5.75 Å². The zero-order chi connectivity index (χ0) is 13.7. The second-order valence-electron chi connectivity index (χ2n) is 4.26. The Hall–Kier alpha value is -2.37. The van der Waals surface area contributed by atoms with E-state index in [2.05, 4.69) is 15.5 Å². The summed E-state index contributed by atoms with van der Waals surface area (Å²) in [6.07, 6.45) is 2.42. The standard InChI is InChI=1S/C13H16N4O2/c1-17-9-15-16-12(17)6-7-14-13(19)8-10-4-2-3-5-11(10)18/h2-5,9,18H,6-8H2,1H3,(H,14,19). The molecular weight excluding hydrogens is 244 g/mol. The highest BCUT2D eigenvalue weighted by molar-refractivity contribution is 5.79. The third-order valence-electron chi connectivity index (χ3n) is 2.82. The summed E-state index contributed by atoms with van der Waals surface area (Å²) in [5.41, 5.74) is 0.624. The van der Waals surface area contributed by atoms with Crippen molar-refractivity contribution < 1.29 is 9.90 Å². The summed E-state index contributed by atoms with van der Waals surface area (Å²) in [4.78, 5) is 11.7. The van der Waals surface area contributed by atoms with Gasteiger partial charge in [-0.2, -0.15) is 0 Å². The highest BCUT2D eigenvalue weighted by Crippen LogP contribution is 2.15. The molecule has 6 nitrogen and oxygen atoms in total. The van der Waals surface area contributed by atoms with Crippen molar-refractivity contribution in [3.8, 4) is 5.75 Å². The number of carbonyl (C=O) groups is 1. The number of aryl methyl sites for hydroxylation is 1. The molecule has 6 heteroatoms. The number of nitrogens with zero attached hydrogens (tertiary/aromatic N) is 3. The van der Waals surface area contributed by atoms with Crippen molar-refractivity contribution in [2.45, 2.75) is 12.8 Å². The molecule has 0 aliphatic heterocycles. The van der Waals surface area contributed by atoms with Crippen molar-refractivity contribution >= 4 is 5.91 Å². The molecule has 0 saturated carbocycles. The van der Waals surface area contributed by atoms with E-state index in [1.54, 1.807) is 30.6 Å². The largest absolute Gasteiger partial charge is 0.508 e. The fourth-order valence-corrected chi connectivity index (χ4v) is 1.74. The van der Waals surface area contributed by atoms with E-state index < -0.39 is 0 Å². The minimum absolute atomic E-state index is 0.122. The van der Waals surface area contributed by atoms with Gasteiger partial charge < -0.3 is 15.0 Å². The van der Waals surface area contributed by atoms with Gasteiger partial charge in [0.05, 0.1) is 6.42 Å². The summed E-state index contributed by atoms with van der Waals surface area (Å²) in [7, 11) is 1.86. The van der Waals surface area contributed by atoms with Crippen LogP contribution in [0, 0.1) is 0 Å². The molecule has 0 spiro atoms. The molecule has 0 bridgehead atoms. The molecule has 2 aromatic rings. The summed E-state index contributed by atoms with van der Waals surface area (Å²) < 4.78 is 1.81. The van der Waals surface area contributed by atoms with E-state index >= 15 is 0 Å². The van der Waals surface area contributed by atoms with Gasteiger partial charge in [-0.3, -0.25) is 4.79 Å². The van der Waals surface area contributed by atoms with Crippen molar-refractivity contribution in [1.29, 1.82) is 0 Å². The minimum Gasteiger partial charge on any atom is -0.508 e. The van der Waals surface area contributed by atoms with Crippen molar-refractivity contribution in [2.24, 2.45) is 7.05 Å². The average Bonchev–Trinajstić information content (AvgIpc) is 2.78. The first-order chi connectivity index (χ1) is 9.16. The smallest absolute Gasteiger partial charge is 0.224 e. The number of hydrogen-bond acceptors (Lipinski definition) is 4. The lowest BCUT2D eigenvalue weighted by Gasteiger charge is -2.06. The number of nitrogens with one attached hydrogen (secondary N) is 1. The summed E-state index contributed by atoms with van der Waals surface area (Å²) in [5, 5.41) is 20.1. The Balaban J connectivity index is 1.79. The van der Waals surface area contributed by atoms with Gasteiger partial charge in [0, 0.05) is 25.6 Å². The lowest BCUT2D eigenvalue weighted by molar-refractivity contribution is -0.120. The first-order valence-corrected chi connectivity index (χ1v) is 6.03. The second-order valence-corrected chi connectivity index (χ2v) is 4.26. The molecule has 1 amide bonds. The van der Waals surface area contributed by atoms with Crippen LogP contribution in [-0.2, 0) is 24.7 Å². The molecule has 0 radical (unpaired) electrons. The Morgan fingerprint density at radius 1 is 1.42 bits per heavy atom. The third-order valence-corrected chi connectivity index (χ3v) is 2.82. The Labute approximate surface area is 111 Å². The normalized spacial score (nSPS) is 10.4. The number of aromatic nitrogens is 3. The molecule has 100 valence electrons. The average molecular weight is 260 g/mol. The van der Waals surface area contributed by atoms with Crippen LogP contribution in [-0.4, -0.2) is 32.3 Å².